The zero-order chi connectivity index (χ0) is 20.3. The Morgan fingerprint density at radius 3 is 2.50 bits per heavy atom. The van der Waals surface area contributed by atoms with Gasteiger partial charge in [-0.05, 0) is 48.7 Å². The van der Waals surface area contributed by atoms with Gasteiger partial charge < -0.3 is 14.4 Å². The fraction of sp³-hybridized carbons (Fsp3) is 0.318. The number of ether oxygens (including phenoxy) is 2. The number of carbonyl (C=O) groups is 3. The Kier molecular flexibility index (Phi) is 5.78. The van der Waals surface area contributed by atoms with Gasteiger partial charge in [0, 0.05) is 18.7 Å². The van der Waals surface area contributed by atoms with Gasteiger partial charge in [0.1, 0.15) is 6.61 Å². The monoisotopic (exact) mass is 381 g/mol. The van der Waals surface area contributed by atoms with Gasteiger partial charge in [0.2, 0.25) is 5.91 Å². The minimum absolute atomic E-state index is 0.0712. The molecule has 6 heteroatoms. The predicted molar refractivity (Wildman–Crippen MR) is 104 cm³/mol. The second-order valence-electron chi connectivity index (χ2n) is 6.92. The molecule has 1 aliphatic heterocycles. The van der Waals surface area contributed by atoms with E-state index in [1.165, 1.54) is 7.11 Å². The van der Waals surface area contributed by atoms with Gasteiger partial charge in [-0.15, -0.1) is 0 Å². The summed E-state index contributed by atoms with van der Waals surface area (Å²) in [5, 5.41) is 0. The van der Waals surface area contributed by atoms with Gasteiger partial charge in [-0.3, -0.25) is 9.59 Å². The molecule has 3 rings (SSSR count). The smallest absolute Gasteiger partial charge is 0.337 e. The van der Waals surface area contributed by atoms with Crippen molar-refractivity contribution < 1.29 is 23.9 Å². The first-order valence-corrected chi connectivity index (χ1v) is 9.11. The van der Waals surface area contributed by atoms with Crippen LogP contribution in [-0.2, 0) is 25.7 Å². The van der Waals surface area contributed by atoms with Gasteiger partial charge in [-0.25, -0.2) is 4.79 Å². The summed E-state index contributed by atoms with van der Waals surface area (Å²) in [5.74, 6) is -1.36. The minimum atomic E-state index is -0.484. The van der Waals surface area contributed by atoms with Gasteiger partial charge in [-0.2, -0.15) is 0 Å². The van der Waals surface area contributed by atoms with E-state index in [9.17, 15) is 14.4 Å². The third-order valence-electron chi connectivity index (χ3n) is 5.08. The standard InChI is InChI=1S/C22H23NO5/c1-14-5-4-6-19(15(14)2)23-12-18(11-20(23)24)22(26)28-13-16-7-9-17(10-8-16)21(25)27-3/h4-10,18H,11-13H2,1-3H3/t18-/m0/s1. The van der Waals surface area contributed by atoms with Crippen LogP contribution in [0.2, 0.25) is 0 Å². The van der Waals surface area contributed by atoms with Crippen LogP contribution < -0.4 is 4.90 Å². The summed E-state index contributed by atoms with van der Waals surface area (Å²) >= 11 is 0. The first-order chi connectivity index (χ1) is 13.4. The van der Waals surface area contributed by atoms with Crippen LogP contribution >= 0.6 is 0 Å². The van der Waals surface area contributed by atoms with E-state index < -0.39 is 17.9 Å². The molecule has 2 aromatic rings. The topological polar surface area (TPSA) is 72.9 Å². The lowest BCUT2D eigenvalue weighted by Gasteiger charge is -2.20. The van der Waals surface area contributed by atoms with E-state index >= 15 is 0 Å². The molecule has 1 heterocycles. The molecule has 0 N–H and O–H groups in total. The number of aryl methyl sites for hydroxylation is 1. The van der Waals surface area contributed by atoms with Crippen LogP contribution in [0.1, 0.15) is 33.5 Å². The number of hydrogen-bond donors (Lipinski definition) is 0. The third-order valence-corrected chi connectivity index (χ3v) is 5.08. The molecule has 1 amide bonds. The largest absolute Gasteiger partial charge is 0.465 e. The van der Waals surface area contributed by atoms with Gasteiger partial charge in [0.15, 0.2) is 0 Å². The normalized spacial score (nSPS) is 16.2. The lowest BCUT2D eigenvalue weighted by Crippen LogP contribution is -2.27. The number of benzene rings is 2. The van der Waals surface area contributed by atoms with Crippen molar-refractivity contribution in [3.05, 3.63) is 64.7 Å². The maximum atomic E-state index is 12.4. The molecule has 0 bridgehead atoms. The minimum Gasteiger partial charge on any atom is -0.465 e. The molecule has 1 aliphatic rings. The molecule has 0 radical (unpaired) electrons. The Hall–Kier alpha value is -3.15. The number of carbonyl (C=O) groups excluding carboxylic acids is 3. The SMILES string of the molecule is COC(=O)c1ccc(COC(=O)[C@H]2CC(=O)N(c3cccc(C)c3C)C2)cc1. The molecule has 0 aliphatic carbocycles. The molecule has 146 valence electrons. The van der Waals surface area contributed by atoms with Crippen molar-refractivity contribution >= 4 is 23.5 Å². The first-order valence-electron chi connectivity index (χ1n) is 9.11. The zero-order valence-corrected chi connectivity index (χ0v) is 16.2. The Bertz CT molecular complexity index is 904. The molecular weight excluding hydrogens is 358 g/mol. The maximum Gasteiger partial charge on any atom is 0.337 e. The third kappa shape index (κ3) is 4.06. The number of methoxy groups -OCH3 is 1. The fourth-order valence-corrected chi connectivity index (χ4v) is 3.25. The van der Waals surface area contributed by atoms with Gasteiger partial charge in [0.25, 0.3) is 0 Å². The number of nitrogens with zero attached hydrogens (tertiary/aromatic N) is 1. The predicted octanol–water partition coefficient (Wildman–Crippen LogP) is 3.19. The Labute approximate surface area is 164 Å². The van der Waals surface area contributed by atoms with Crippen LogP contribution in [0.25, 0.3) is 0 Å². The van der Waals surface area contributed by atoms with E-state index in [4.69, 9.17) is 4.74 Å². The van der Waals surface area contributed by atoms with Crippen molar-refractivity contribution in [2.24, 2.45) is 5.92 Å². The van der Waals surface area contributed by atoms with Crippen LogP contribution in [0, 0.1) is 19.8 Å². The van der Waals surface area contributed by atoms with E-state index in [1.54, 1.807) is 29.2 Å². The quantitative estimate of drug-likeness (QED) is 0.744. The van der Waals surface area contributed by atoms with Crippen molar-refractivity contribution in [3.8, 4) is 0 Å². The highest BCUT2D eigenvalue weighted by Gasteiger charge is 2.36. The molecule has 28 heavy (non-hydrogen) atoms. The molecule has 0 aromatic heterocycles. The summed E-state index contributed by atoms with van der Waals surface area (Å²) < 4.78 is 10.0. The molecule has 6 nitrogen and oxygen atoms in total. The average molecular weight is 381 g/mol. The second-order valence-corrected chi connectivity index (χ2v) is 6.92. The van der Waals surface area contributed by atoms with Crippen LogP contribution in [0.15, 0.2) is 42.5 Å². The van der Waals surface area contributed by atoms with Gasteiger partial charge in [-0.1, -0.05) is 24.3 Å². The highest BCUT2D eigenvalue weighted by Crippen LogP contribution is 2.30. The summed E-state index contributed by atoms with van der Waals surface area (Å²) in [6.07, 6.45) is 0.146. The Morgan fingerprint density at radius 2 is 1.82 bits per heavy atom. The molecule has 0 spiro atoms. The van der Waals surface area contributed by atoms with E-state index in [0.717, 1.165) is 22.4 Å². The number of esters is 2. The second kappa shape index (κ2) is 8.25. The number of anilines is 1. The molecule has 0 saturated carbocycles. The van der Waals surface area contributed by atoms with Crippen LogP contribution in [0.5, 0.6) is 0 Å². The molecule has 1 atom stereocenters. The van der Waals surface area contributed by atoms with E-state index in [1.807, 2.05) is 32.0 Å². The van der Waals surface area contributed by atoms with Crippen molar-refractivity contribution in [1.82, 2.24) is 0 Å². The van der Waals surface area contributed by atoms with Crippen LogP contribution in [-0.4, -0.2) is 31.5 Å². The van der Waals surface area contributed by atoms with Crippen molar-refractivity contribution in [2.45, 2.75) is 26.9 Å². The van der Waals surface area contributed by atoms with Crippen LogP contribution in [0.3, 0.4) is 0 Å². The Balaban J connectivity index is 1.60. The van der Waals surface area contributed by atoms with E-state index in [-0.39, 0.29) is 18.9 Å². The summed E-state index contributed by atoms with van der Waals surface area (Å²) in [4.78, 5) is 38.0. The highest BCUT2D eigenvalue weighted by atomic mass is 16.5. The number of hydrogen-bond acceptors (Lipinski definition) is 5. The lowest BCUT2D eigenvalue weighted by atomic mass is 10.1. The molecular formula is C22H23NO5. The summed E-state index contributed by atoms with van der Waals surface area (Å²) in [5.41, 5.74) is 4.18. The van der Waals surface area contributed by atoms with Gasteiger partial charge in [0.05, 0.1) is 18.6 Å². The summed E-state index contributed by atoms with van der Waals surface area (Å²) in [7, 11) is 1.32. The molecule has 0 unspecified atom stereocenters. The van der Waals surface area contributed by atoms with E-state index in [2.05, 4.69) is 4.74 Å². The summed E-state index contributed by atoms with van der Waals surface area (Å²) in [6, 6.07) is 12.5. The maximum absolute atomic E-state index is 12.4. The molecule has 1 saturated heterocycles. The van der Waals surface area contributed by atoms with Gasteiger partial charge >= 0.3 is 11.9 Å². The summed E-state index contributed by atoms with van der Waals surface area (Å²) in [6.45, 7) is 4.38. The van der Waals surface area contributed by atoms with E-state index in [0.29, 0.717) is 12.1 Å². The first kappa shape index (κ1) is 19.6. The van der Waals surface area contributed by atoms with Crippen molar-refractivity contribution in [3.63, 3.8) is 0 Å². The Morgan fingerprint density at radius 1 is 1.11 bits per heavy atom. The number of amides is 1. The molecule has 2 aromatic carbocycles. The average Bonchev–Trinajstić information content (AvgIpc) is 3.09. The van der Waals surface area contributed by atoms with Crippen molar-refractivity contribution in [2.75, 3.05) is 18.6 Å². The highest BCUT2D eigenvalue weighted by molar-refractivity contribution is 6.00. The molecule has 1 fully saturated rings. The van der Waals surface area contributed by atoms with Crippen molar-refractivity contribution in [1.29, 1.82) is 0 Å². The fourth-order valence-electron chi connectivity index (χ4n) is 3.25. The lowest BCUT2D eigenvalue weighted by molar-refractivity contribution is -0.149. The van der Waals surface area contributed by atoms with Crippen LogP contribution in [0.4, 0.5) is 5.69 Å². The number of rotatable bonds is 5. The zero-order valence-electron chi connectivity index (χ0n) is 16.2.